The highest BCUT2D eigenvalue weighted by Crippen LogP contribution is 2.57. The maximum absolute atomic E-state index is 12.8. The van der Waals surface area contributed by atoms with Crippen LogP contribution in [0.15, 0.2) is 24.0 Å². The zero-order chi connectivity index (χ0) is 28.5. The number of esters is 1. The number of nitrogens with one attached hydrogen (secondary N) is 1. The Balaban J connectivity index is 1.44. The number of likely N-dealkylation sites (N-methyl/N-ethyl adjacent to an activating group) is 1. The van der Waals surface area contributed by atoms with Crippen LogP contribution in [0.4, 0.5) is 0 Å². The Kier molecular flexibility index (Phi) is 8.68. The van der Waals surface area contributed by atoms with E-state index in [0.717, 1.165) is 17.7 Å². The molecule has 1 amide bonds. The number of aliphatic hydroxyl groups excluding tert-OH is 1. The Morgan fingerprint density at radius 3 is 2.64 bits per heavy atom. The van der Waals surface area contributed by atoms with Crippen molar-refractivity contribution < 1.29 is 39.2 Å². The molecule has 10 nitrogen and oxygen atoms in total. The molecule has 39 heavy (non-hydrogen) atoms. The number of aliphatic hydroxyl groups is 2. The molecular weight excluding hydrogens is 504 g/mol. The summed E-state index contributed by atoms with van der Waals surface area (Å²) < 4.78 is 12.0. The fourth-order valence-electron chi connectivity index (χ4n) is 6.18. The van der Waals surface area contributed by atoms with E-state index in [-0.39, 0.29) is 44.2 Å². The molecule has 1 unspecified atom stereocenters. The number of hydrogen-bond acceptors (Lipinski definition) is 8. The van der Waals surface area contributed by atoms with Gasteiger partial charge in [0, 0.05) is 36.4 Å². The van der Waals surface area contributed by atoms with Crippen molar-refractivity contribution in [2.45, 2.75) is 95.6 Å². The van der Waals surface area contributed by atoms with Gasteiger partial charge in [-0.25, -0.2) is 4.79 Å². The monoisotopic (exact) mass is 544 g/mol. The summed E-state index contributed by atoms with van der Waals surface area (Å²) >= 11 is 0. The van der Waals surface area contributed by atoms with Crippen molar-refractivity contribution >= 4 is 17.8 Å². The Bertz CT molecular complexity index is 1150. The molecule has 1 heterocycles. The van der Waals surface area contributed by atoms with Crippen LogP contribution < -0.4 is 10.1 Å². The third-order valence-electron chi connectivity index (χ3n) is 8.22. The molecule has 0 spiro atoms. The molecule has 1 aromatic rings. The van der Waals surface area contributed by atoms with Crippen LogP contribution in [-0.2, 0) is 32.1 Å². The van der Waals surface area contributed by atoms with Crippen molar-refractivity contribution in [2.24, 2.45) is 5.92 Å². The molecule has 1 aromatic carbocycles. The van der Waals surface area contributed by atoms with Gasteiger partial charge in [0.15, 0.2) is 6.10 Å². The number of benzene rings is 1. The third-order valence-corrected chi connectivity index (χ3v) is 8.22. The lowest BCUT2D eigenvalue weighted by molar-refractivity contribution is -0.144. The molecule has 1 aliphatic heterocycles. The van der Waals surface area contributed by atoms with Crippen LogP contribution in [0, 0.1) is 5.92 Å². The minimum absolute atomic E-state index is 0.00196. The van der Waals surface area contributed by atoms with Crippen LogP contribution in [0.2, 0.25) is 0 Å². The van der Waals surface area contributed by atoms with Crippen LogP contribution in [0.5, 0.6) is 5.75 Å². The molecule has 0 aromatic heterocycles. The summed E-state index contributed by atoms with van der Waals surface area (Å²) in [6.45, 7) is 6.35. The van der Waals surface area contributed by atoms with Gasteiger partial charge in [0.05, 0.1) is 18.1 Å². The Morgan fingerprint density at radius 1 is 1.26 bits per heavy atom. The van der Waals surface area contributed by atoms with Crippen LogP contribution in [0.25, 0.3) is 0 Å². The van der Waals surface area contributed by atoms with Crippen LogP contribution >= 0.6 is 0 Å². The van der Waals surface area contributed by atoms with Gasteiger partial charge in [-0.3, -0.25) is 9.59 Å². The van der Waals surface area contributed by atoms with Crippen molar-refractivity contribution in [1.82, 2.24) is 10.2 Å². The fourth-order valence-corrected chi connectivity index (χ4v) is 6.18. The Labute approximate surface area is 229 Å². The number of hydrogen-bond donors (Lipinski definition) is 4. The molecule has 0 bridgehead atoms. The van der Waals surface area contributed by atoms with Crippen molar-refractivity contribution in [3.63, 3.8) is 0 Å². The van der Waals surface area contributed by atoms with E-state index in [1.54, 1.807) is 6.08 Å². The van der Waals surface area contributed by atoms with E-state index in [1.807, 2.05) is 40.0 Å². The number of rotatable bonds is 12. The van der Waals surface area contributed by atoms with Crippen LogP contribution in [0.3, 0.4) is 0 Å². The number of carboxylic acid groups (broad SMARTS) is 1. The SMILES string of the molecule is CCN(C)[C@@H]1Cc2ccc(CO)c3c2C2[C@@H](O3)C(OC(=O)CCCC(=O)N[C@@H](CC(C)C)C(=O)O)=CC[C@]21O. The molecule has 10 heteroatoms. The van der Waals surface area contributed by atoms with E-state index in [0.29, 0.717) is 29.9 Å². The van der Waals surface area contributed by atoms with Gasteiger partial charge in [-0.15, -0.1) is 0 Å². The van der Waals surface area contributed by atoms with E-state index < -0.39 is 41.5 Å². The zero-order valence-electron chi connectivity index (χ0n) is 23.1. The predicted octanol–water partition coefficient (Wildman–Crippen LogP) is 2.25. The van der Waals surface area contributed by atoms with E-state index in [9.17, 15) is 29.7 Å². The second-order valence-electron chi connectivity index (χ2n) is 11.3. The lowest BCUT2D eigenvalue weighted by Gasteiger charge is -2.50. The normalized spacial score (nSPS) is 25.5. The maximum atomic E-state index is 12.8. The average molecular weight is 545 g/mol. The highest BCUT2D eigenvalue weighted by Gasteiger charge is 2.60. The van der Waals surface area contributed by atoms with Crippen LogP contribution in [0.1, 0.15) is 75.5 Å². The number of amides is 1. The molecule has 5 atom stereocenters. The summed E-state index contributed by atoms with van der Waals surface area (Å²) in [5, 5.41) is 33.8. The second kappa shape index (κ2) is 11.7. The van der Waals surface area contributed by atoms with Gasteiger partial charge in [0.2, 0.25) is 5.91 Å². The first-order valence-electron chi connectivity index (χ1n) is 13.8. The van der Waals surface area contributed by atoms with E-state index in [4.69, 9.17) is 9.47 Å². The molecule has 214 valence electrons. The van der Waals surface area contributed by atoms with E-state index >= 15 is 0 Å². The molecular formula is C29H40N2O8. The molecule has 2 aliphatic carbocycles. The van der Waals surface area contributed by atoms with Gasteiger partial charge in [-0.05, 0) is 50.4 Å². The number of aliphatic carboxylic acids is 1. The summed E-state index contributed by atoms with van der Waals surface area (Å²) in [5.74, 6) is -1.50. The van der Waals surface area contributed by atoms with Crippen molar-refractivity contribution in [3.8, 4) is 5.75 Å². The minimum Gasteiger partial charge on any atom is -0.481 e. The highest BCUT2D eigenvalue weighted by atomic mass is 16.6. The molecule has 0 fully saturated rings. The average Bonchev–Trinajstić information content (AvgIpc) is 3.30. The van der Waals surface area contributed by atoms with Gasteiger partial charge in [-0.1, -0.05) is 32.9 Å². The summed E-state index contributed by atoms with van der Waals surface area (Å²) in [7, 11) is 1.98. The molecule has 4 rings (SSSR count). The standard InChI is InChI=1S/C29H40N2O8/c1-5-31(4)21-14-17-9-10-18(15-32)26-24(17)25-27(39-26)20(11-12-29(21,25)37)38-23(34)8-6-7-22(33)30-19(28(35)36)13-16(2)3/h9-11,16,19,21,25,27,32,37H,5-8,12-15H2,1-4H3,(H,30,33)(H,35,36)/t19-,21+,25?,27-,29+/m0/s1. The van der Waals surface area contributed by atoms with Gasteiger partial charge in [0.1, 0.15) is 17.6 Å². The predicted molar refractivity (Wildman–Crippen MR) is 142 cm³/mol. The Hall–Kier alpha value is -2.95. The quantitative estimate of drug-likeness (QED) is 0.291. The summed E-state index contributed by atoms with van der Waals surface area (Å²) in [6, 6.07) is 2.71. The summed E-state index contributed by atoms with van der Waals surface area (Å²) in [4.78, 5) is 38.5. The zero-order valence-corrected chi connectivity index (χ0v) is 23.1. The van der Waals surface area contributed by atoms with Gasteiger partial charge < -0.3 is 35.0 Å². The highest BCUT2D eigenvalue weighted by molar-refractivity contribution is 5.83. The van der Waals surface area contributed by atoms with Crippen molar-refractivity contribution in [2.75, 3.05) is 13.6 Å². The van der Waals surface area contributed by atoms with Gasteiger partial charge in [-0.2, -0.15) is 0 Å². The first-order valence-corrected chi connectivity index (χ1v) is 13.8. The smallest absolute Gasteiger partial charge is 0.326 e. The van der Waals surface area contributed by atoms with Crippen molar-refractivity contribution in [3.05, 3.63) is 40.7 Å². The summed E-state index contributed by atoms with van der Waals surface area (Å²) in [5.41, 5.74) is 1.43. The van der Waals surface area contributed by atoms with E-state index in [1.165, 1.54) is 0 Å². The molecule has 0 radical (unpaired) electrons. The van der Waals surface area contributed by atoms with Gasteiger partial charge in [0.25, 0.3) is 0 Å². The number of carboxylic acids is 1. The largest absolute Gasteiger partial charge is 0.481 e. The topological polar surface area (TPSA) is 146 Å². The lowest BCUT2D eigenvalue weighted by atomic mass is 9.63. The first-order chi connectivity index (χ1) is 18.5. The molecule has 0 saturated heterocycles. The number of ether oxygens (including phenoxy) is 2. The van der Waals surface area contributed by atoms with Crippen LogP contribution in [-0.4, -0.2) is 75.4 Å². The van der Waals surface area contributed by atoms with E-state index in [2.05, 4.69) is 10.2 Å². The number of carbonyl (C=O) groups is 3. The lowest BCUT2D eigenvalue weighted by Crippen LogP contribution is -2.61. The number of nitrogens with zero attached hydrogens (tertiary/aromatic N) is 1. The molecule has 3 aliphatic rings. The van der Waals surface area contributed by atoms with Gasteiger partial charge >= 0.3 is 11.9 Å². The number of carbonyl (C=O) groups excluding carboxylic acids is 2. The molecule has 4 N–H and O–H groups in total. The molecule has 0 saturated carbocycles. The Morgan fingerprint density at radius 2 is 2.00 bits per heavy atom. The minimum atomic E-state index is -1.13. The first kappa shape index (κ1) is 29.0. The second-order valence-corrected chi connectivity index (χ2v) is 11.3. The third kappa shape index (κ3) is 5.69. The maximum Gasteiger partial charge on any atom is 0.326 e. The fraction of sp³-hybridized carbons (Fsp3) is 0.621. The van der Waals surface area contributed by atoms with Crippen molar-refractivity contribution in [1.29, 1.82) is 0 Å². The summed E-state index contributed by atoms with van der Waals surface area (Å²) in [6.07, 6.45) is 2.43.